The normalized spacial score (nSPS) is 16.9. The smallest absolute Gasteiger partial charge is 0.252 e. The number of nitrogens with one attached hydrogen (secondary N) is 3. The molecule has 1 amide bonds. The van der Waals surface area contributed by atoms with Gasteiger partial charge in [-0.2, -0.15) is 0 Å². The first-order valence-corrected chi connectivity index (χ1v) is 12.7. The first-order chi connectivity index (χ1) is 15.7. The van der Waals surface area contributed by atoms with Gasteiger partial charge in [0.05, 0.1) is 16.1 Å². The minimum absolute atomic E-state index is 0.00710. The minimum atomic E-state index is -0.00710. The Hall–Kier alpha value is -2.22. The number of rotatable bonds is 8. The number of piperidine rings is 1. The van der Waals surface area contributed by atoms with Crippen LogP contribution in [0.25, 0.3) is 20.7 Å². The maximum atomic E-state index is 12.7. The number of halogens is 1. The predicted molar refractivity (Wildman–Crippen MR) is 132 cm³/mol. The molecule has 0 atom stereocenters. The van der Waals surface area contributed by atoms with Crippen molar-refractivity contribution < 1.29 is 4.79 Å². The fraction of sp³-hybridized carbons (Fsp3) is 0.458. The number of nitrogens with zero attached hydrogens (tertiary/aromatic N) is 2. The molecular weight excluding hydrogens is 442 g/mol. The van der Waals surface area contributed by atoms with Gasteiger partial charge in [-0.3, -0.25) is 4.79 Å². The van der Waals surface area contributed by atoms with Crippen LogP contribution < -0.4 is 16.0 Å². The second-order valence-electron chi connectivity index (χ2n) is 8.73. The number of thiophene rings is 1. The summed E-state index contributed by atoms with van der Waals surface area (Å²) in [5.41, 5.74) is 1.41. The number of carbonyl (C=O) groups is 1. The molecule has 0 bridgehead atoms. The lowest BCUT2D eigenvalue weighted by Crippen LogP contribution is -2.27. The van der Waals surface area contributed by atoms with Gasteiger partial charge in [0.25, 0.3) is 5.91 Å². The minimum Gasteiger partial charge on any atom is -0.354 e. The van der Waals surface area contributed by atoms with E-state index in [0.29, 0.717) is 28.3 Å². The Balaban J connectivity index is 1.30. The molecule has 2 aliphatic rings. The molecule has 6 nitrogen and oxygen atoms in total. The molecule has 0 radical (unpaired) electrons. The van der Waals surface area contributed by atoms with E-state index in [1.165, 1.54) is 19.3 Å². The molecule has 0 spiro atoms. The quantitative estimate of drug-likeness (QED) is 0.400. The zero-order chi connectivity index (χ0) is 21.9. The van der Waals surface area contributed by atoms with Crippen molar-refractivity contribution in [3.63, 3.8) is 0 Å². The van der Waals surface area contributed by atoms with Crippen LogP contribution in [0, 0.1) is 5.92 Å². The summed E-state index contributed by atoms with van der Waals surface area (Å²) in [7, 11) is 0. The third-order valence-corrected chi connectivity index (χ3v) is 7.61. The van der Waals surface area contributed by atoms with E-state index >= 15 is 0 Å². The van der Waals surface area contributed by atoms with Crippen molar-refractivity contribution in [1.29, 1.82) is 0 Å². The Morgan fingerprint density at radius 2 is 2.06 bits per heavy atom. The van der Waals surface area contributed by atoms with Gasteiger partial charge in [0.15, 0.2) is 0 Å². The zero-order valence-electron chi connectivity index (χ0n) is 18.0. The Bertz CT molecular complexity index is 1110. The van der Waals surface area contributed by atoms with Crippen molar-refractivity contribution >= 4 is 44.9 Å². The van der Waals surface area contributed by atoms with Crippen LogP contribution in [0.1, 0.15) is 48.9 Å². The number of amides is 1. The van der Waals surface area contributed by atoms with Crippen molar-refractivity contribution in [2.45, 2.75) is 44.6 Å². The number of fused-ring (bicyclic) bond motifs is 1. The van der Waals surface area contributed by atoms with Crippen LogP contribution in [0.4, 0.5) is 5.95 Å². The molecule has 0 unspecified atom stereocenters. The highest BCUT2D eigenvalue weighted by molar-refractivity contribution is 7.22. The Labute approximate surface area is 197 Å². The van der Waals surface area contributed by atoms with Gasteiger partial charge in [0, 0.05) is 28.2 Å². The lowest BCUT2D eigenvalue weighted by atomic mass is 9.93. The van der Waals surface area contributed by atoms with E-state index in [0.717, 1.165) is 59.8 Å². The molecule has 5 rings (SSSR count). The molecule has 3 heterocycles. The van der Waals surface area contributed by atoms with Gasteiger partial charge in [0.1, 0.15) is 5.69 Å². The van der Waals surface area contributed by atoms with Crippen LogP contribution in [0.3, 0.4) is 0 Å². The summed E-state index contributed by atoms with van der Waals surface area (Å²) < 4.78 is 1.05. The van der Waals surface area contributed by atoms with E-state index in [4.69, 9.17) is 16.6 Å². The fourth-order valence-corrected chi connectivity index (χ4v) is 5.59. The lowest BCUT2D eigenvalue weighted by Gasteiger charge is -2.22. The molecule has 3 N–H and O–H groups in total. The summed E-state index contributed by atoms with van der Waals surface area (Å²) in [5.74, 6) is 1.41. The van der Waals surface area contributed by atoms with Gasteiger partial charge in [-0.15, -0.1) is 11.3 Å². The van der Waals surface area contributed by atoms with E-state index in [1.807, 2.05) is 24.3 Å². The molecule has 1 aromatic carbocycles. The van der Waals surface area contributed by atoms with Gasteiger partial charge in [-0.25, -0.2) is 9.97 Å². The van der Waals surface area contributed by atoms with E-state index in [2.05, 4.69) is 20.9 Å². The first-order valence-electron chi connectivity index (χ1n) is 11.5. The highest BCUT2D eigenvalue weighted by Gasteiger charge is 2.25. The SMILES string of the molecule is O=C(NC1CC1)c1cccc2sc(-c3nc(NCCCC4CCNCC4)ncc3Cl)cc12. The molecule has 2 aromatic heterocycles. The van der Waals surface area contributed by atoms with Crippen LogP contribution in [0.5, 0.6) is 0 Å². The summed E-state index contributed by atoms with van der Waals surface area (Å²) in [6.45, 7) is 3.13. The summed E-state index contributed by atoms with van der Waals surface area (Å²) in [4.78, 5) is 22.7. The maximum Gasteiger partial charge on any atom is 0.252 e. The Kier molecular flexibility index (Phi) is 6.57. The van der Waals surface area contributed by atoms with Crippen molar-refractivity contribution in [3.05, 3.63) is 41.0 Å². The third-order valence-electron chi connectivity index (χ3n) is 6.23. The van der Waals surface area contributed by atoms with Crippen LogP contribution in [0.2, 0.25) is 5.02 Å². The number of hydrogen-bond donors (Lipinski definition) is 3. The fourth-order valence-electron chi connectivity index (χ4n) is 4.25. The maximum absolute atomic E-state index is 12.7. The summed E-state index contributed by atoms with van der Waals surface area (Å²) in [5, 5.41) is 11.3. The monoisotopic (exact) mass is 469 g/mol. The molecule has 2 fully saturated rings. The second-order valence-corrected chi connectivity index (χ2v) is 10.2. The van der Waals surface area contributed by atoms with Gasteiger partial charge in [0.2, 0.25) is 5.95 Å². The average Bonchev–Trinajstić information content (AvgIpc) is 3.52. The highest BCUT2D eigenvalue weighted by Crippen LogP contribution is 2.37. The van der Waals surface area contributed by atoms with Gasteiger partial charge < -0.3 is 16.0 Å². The van der Waals surface area contributed by atoms with Gasteiger partial charge in [-0.1, -0.05) is 17.7 Å². The largest absolute Gasteiger partial charge is 0.354 e. The number of carbonyl (C=O) groups excluding carboxylic acids is 1. The zero-order valence-corrected chi connectivity index (χ0v) is 19.6. The highest BCUT2D eigenvalue weighted by atomic mass is 35.5. The first kappa shape index (κ1) is 21.6. The summed E-state index contributed by atoms with van der Waals surface area (Å²) >= 11 is 8.07. The van der Waals surface area contributed by atoms with E-state index in [-0.39, 0.29) is 5.91 Å². The summed E-state index contributed by atoms with van der Waals surface area (Å²) in [6.07, 6.45) is 8.68. The van der Waals surface area contributed by atoms with Gasteiger partial charge >= 0.3 is 0 Å². The molecule has 1 aliphatic carbocycles. The Morgan fingerprint density at radius 3 is 2.88 bits per heavy atom. The standard InChI is InChI=1S/C24H28ClN5OS/c25-19-14-28-24(27-10-2-3-15-8-11-26-12-9-15)30-22(19)21-13-18-17(4-1-5-20(18)32-21)23(31)29-16-6-7-16/h1,4-5,13-16,26H,2-3,6-12H2,(H,29,31)(H,27,28,30). The van der Waals surface area contributed by atoms with Crippen LogP contribution in [-0.2, 0) is 0 Å². The predicted octanol–water partition coefficient (Wildman–Crippen LogP) is 5.10. The molecule has 1 saturated carbocycles. The molecule has 1 saturated heterocycles. The molecule has 1 aliphatic heterocycles. The average molecular weight is 470 g/mol. The Morgan fingerprint density at radius 1 is 1.22 bits per heavy atom. The third kappa shape index (κ3) is 5.05. The number of hydrogen-bond acceptors (Lipinski definition) is 6. The molecule has 8 heteroatoms. The van der Waals surface area contributed by atoms with Crippen LogP contribution in [0.15, 0.2) is 30.5 Å². The van der Waals surface area contributed by atoms with Crippen molar-refractivity contribution in [3.8, 4) is 10.6 Å². The molecular formula is C24H28ClN5OS. The van der Waals surface area contributed by atoms with E-state index in [1.54, 1.807) is 17.5 Å². The summed E-state index contributed by atoms with van der Waals surface area (Å²) in [6, 6.07) is 8.20. The topological polar surface area (TPSA) is 78.9 Å². The van der Waals surface area contributed by atoms with Crippen molar-refractivity contribution in [1.82, 2.24) is 20.6 Å². The molecule has 32 heavy (non-hydrogen) atoms. The second kappa shape index (κ2) is 9.73. The lowest BCUT2D eigenvalue weighted by molar-refractivity contribution is 0.0953. The van der Waals surface area contributed by atoms with Crippen LogP contribution >= 0.6 is 22.9 Å². The van der Waals surface area contributed by atoms with Crippen LogP contribution in [-0.4, -0.2) is 41.6 Å². The van der Waals surface area contributed by atoms with Crippen molar-refractivity contribution in [2.24, 2.45) is 5.92 Å². The molecule has 168 valence electrons. The van der Waals surface area contributed by atoms with E-state index in [9.17, 15) is 4.79 Å². The number of benzene rings is 1. The number of anilines is 1. The van der Waals surface area contributed by atoms with E-state index < -0.39 is 0 Å². The number of aromatic nitrogens is 2. The van der Waals surface area contributed by atoms with Crippen molar-refractivity contribution in [2.75, 3.05) is 25.0 Å². The molecule has 3 aromatic rings. The van der Waals surface area contributed by atoms with Gasteiger partial charge in [-0.05, 0) is 75.7 Å².